The molecule has 0 saturated carbocycles. The van der Waals surface area contributed by atoms with Crippen molar-refractivity contribution >= 4 is 33.8 Å². The number of rotatable bonds is 4. The number of anilines is 2. The molecular weight excluding hydrogens is 370 g/mol. The Morgan fingerprint density at radius 2 is 1.89 bits per heavy atom. The Bertz CT molecular complexity index is 1080. The number of amides is 1. The van der Waals surface area contributed by atoms with Crippen LogP contribution in [0.3, 0.4) is 0 Å². The Hall–Kier alpha value is -3.45. The molecular formula is C21H19N5OS. The molecule has 28 heavy (non-hydrogen) atoms. The average molecular weight is 389 g/mol. The minimum absolute atomic E-state index is 0.232. The van der Waals surface area contributed by atoms with Gasteiger partial charge in [0.15, 0.2) is 5.71 Å². The monoisotopic (exact) mass is 389 g/mol. The van der Waals surface area contributed by atoms with Crippen LogP contribution in [0.2, 0.25) is 0 Å². The molecule has 140 valence electrons. The lowest BCUT2D eigenvalue weighted by Crippen LogP contribution is -2.34. The molecule has 0 bridgehead atoms. The van der Waals surface area contributed by atoms with E-state index in [0.29, 0.717) is 10.8 Å². The summed E-state index contributed by atoms with van der Waals surface area (Å²) in [5.74, 6) is -0.295. The molecule has 1 amide bonds. The number of aromatic nitrogens is 1. The lowest BCUT2D eigenvalue weighted by atomic mass is 10.1. The molecule has 0 spiro atoms. The van der Waals surface area contributed by atoms with E-state index in [-0.39, 0.29) is 11.6 Å². The van der Waals surface area contributed by atoms with E-state index in [9.17, 15) is 4.79 Å². The van der Waals surface area contributed by atoms with E-state index in [0.717, 1.165) is 22.5 Å². The normalized spacial score (nSPS) is 15.2. The standard InChI is InChI=1S/C21H19N5OS/c1-13-8-10-16(11-9-13)18-12-28-21(22-18)26-20(27)19(15(3)25-26)24-23-17-7-5-4-6-14(17)2/h4-12,23,25H,3H2,1-2H3/b24-19-. The van der Waals surface area contributed by atoms with Crippen LogP contribution in [-0.4, -0.2) is 16.6 Å². The maximum atomic E-state index is 12.8. The molecule has 2 aromatic carbocycles. The summed E-state index contributed by atoms with van der Waals surface area (Å²) in [5, 5.41) is 8.11. The predicted molar refractivity (Wildman–Crippen MR) is 114 cm³/mol. The minimum Gasteiger partial charge on any atom is -0.287 e. The molecule has 0 aliphatic carbocycles. The Labute approximate surface area is 167 Å². The number of hydrogen-bond donors (Lipinski definition) is 2. The third-order valence-electron chi connectivity index (χ3n) is 4.40. The summed E-state index contributed by atoms with van der Waals surface area (Å²) in [6, 6.07) is 15.9. The van der Waals surface area contributed by atoms with Crippen molar-refractivity contribution in [3.63, 3.8) is 0 Å². The highest BCUT2D eigenvalue weighted by Crippen LogP contribution is 2.29. The first-order valence-corrected chi connectivity index (χ1v) is 9.63. The highest BCUT2D eigenvalue weighted by atomic mass is 32.1. The van der Waals surface area contributed by atoms with E-state index in [2.05, 4.69) is 27.5 Å². The van der Waals surface area contributed by atoms with Crippen LogP contribution in [0, 0.1) is 13.8 Å². The first-order valence-electron chi connectivity index (χ1n) is 8.75. The van der Waals surface area contributed by atoms with Gasteiger partial charge in [-0.3, -0.25) is 15.6 Å². The van der Waals surface area contributed by atoms with Gasteiger partial charge in [0, 0.05) is 10.9 Å². The van der Waals surface area contributed by atoms with Crippen molar-refractivity contribution in [1.82, 2.24) is 10.4 Å². The molecule has 1 aliphatic rings. The van der Waals surface area contributed by atoms with Gasteiger partial charge in [0.05, 0.1) is 17.1 Å². The van der Waals surface area contributed by atoms with Gasteiger partial charge < -0.3 is 0 Å². The number of para-hydroxylation sites is 1. The van der Waals surface area contributed by atoms with Gasteiger partial charge in [0.1, 0.15) is 0 Å². The van der Waals surface area contributed by atoms with Gasteiger partial charge in [-0.15, -0.1) is 11.3 Å². The summed E-state index contributed by atoms with van der Waals surface area (Å²) >= 11 is 1.39. The second kappa shape index (κ2) is 7.28. The lowest BCUT2D eigenvalue weighted by Gasteiger charge is -2.10. The van der Waals surface area contributed by atoms with E-state index < -0.39 is 0 Å². The van der Waals surface area contributed by atoms with E-state index in [1.54, 1.807) is 0 Å². The SMILES string of the molecule is C=C1NN(c2nc(-c3ccc(C)cc3)cs2)C(=O)/C1=N\Nc1ccccc1C. The van der Waals surface area contributed by atoms with Crippen LogP contribution >= 0.6 is 11.3 Å². The van der Waals surface area contributed by atoms with Crippen LogP contribution in [0.1, 0.15) is 11.1 Å². The molecule has 1 fully saturated rings. The Balaban J connectivity index is 1.55. The summed E-state index contributed by atoms with van der Waals surface area (Å²) in [5.41, 5.74) is 11.5. The fraction of sp³-hybridized carbons (Fsp3) is 0.0952. The van der Waals surface area contributed by atoms with E-state index in [1.165, 1.54) is 21.9 Å². The number of thiazole rings is 1. The van der Waals surface area contributed by atoms with Crippen molar-refractivity contribution in [3.8, 4) is 11.3 Å². The molecule has 0 radical (unpaired) electrons. The summed E-state index contributed by atoms with van der Waals surface area (Å²) in [6.07, 6.45) is 0. The zero-order chi connectivity index (χ0) is 19.7. The Morgan fingerprint density at radius 3 is 2.64 bits per heavy atom. The molecule has 0 unspecified atom stereocenters. The second-order valence-electron chi connectivity index (χ2n) is 6.50. The number of nitrogens with one attached hydrogen (secondary N) is 2. The van der Waals surface area contributed by atoms with Crippen LogP contribution in [0.4, 0.5) is 10.8 Å². The quantitative estimate of drug-likeness (QED) is 0.654. The van der Waals surface area contributed by atoms with Gasteiger partial charge in [0.2, 0.25) is 5.13 Å². The predicted octanol–water partition coefficient (Wildman–Crippen LogP) is 4.26. The first kappa shape index (κ1) is 17.9. The molecule has 6 nitrogen and oxygen atoms in total. The maximum absolute atomic E-state index is 12.8. The van der Waals surface area contributed by atoms with Crippen LogP contribution in [0.5, 0.6) is 0 Å². The number of aryl methyl sites for hydroxylation is 2. The number of nitrogens with zero attached hydrogens (tertiary/aromatic N) is 3. The lowest BCUT2D eigenvalue weighted by molar-refractivity contribution is -0.112. The molecule has 1 saturated heterocycles. The van der Waals surface area contributed by atoms with Crippen LogP contribution in [0.15, 0.2) is 71.3 Å². The Kier molecular flexibility index (Phi) is 4.67. The van der Waals surface area contributed by atoms with E-state index >= 15 is 0 Å². The molecule has 3 aromatic rings. The van der Waals surface area contributed by atoms with Gasteiger partial charge in [-0.2, -0.15) is 10.1 Å². The summed E-state index contributed by atoms with van der Waals surface area (Å²) in [6.45, 7) is 7.92. The minimum atomic E-state index is -0.295. The fourth-order valence-electron chi connectivity index (χ4n) is 2.76. The van der Waals surface area contributed by atoms with Gasteiger partial charge in [-0.05, 0) is 25.5 Å². The van der Waals surface area contributed by atoms with Gasteiger partial charge in [-0.25, -0.2) is 4.98 Å². The number of carbonyl (C=O) groups excluding carboxylic acids is 1. The molecule has 4 rings (SSSR count). The molecule has 2 heterocycles. The molecule has 2 N–H and O–H groups in total. The van der Waals surface area contributed by atoms with Crippen molar-refractivity contribution in [2.45, 2.75) is 13.8 Å². The average Bonchev–Trinajstić information content (AvgIpc) is 3.27. The number of hydrogen-bond acceptors (Lipinski definition) is 6. The summed E-state index contributed by atoms with van der Waals surface area (Å²) in [4.78, 5) is 17.4. The van der Waals surface area contributed by atoms with Gasteiger partial charge in [-0.1, -0.05) is 54.6 Å². The smallest absolute Gasteiger partial charge is 0.287 e. The topological polar surface area (TPSA) is 69.6 Å². The van der Waals surface area contributed by atoms with Crippen molar-refractivity contribution in [2.75, 3.05) is 10.4 Å². The van der Waals surface area contributed by atoms with Crippen molar-refractivity contribution in [2.24, 2.45) is 5.10 Å². The first-order chi connectivity index (χ1) is 13.5. The number of benzene rings is 2. The summed E-state index contributed by atoms with van der Waals surface area (Å²) < 4.78 is 0. The maximum Gasteiger partial charge on any atom is 0.301 e. The molecule has 1 aromatic heterocycles. The third kappa shape index (κ3) is 3.39. The van der Waals surface area contributed by atoms with Gasteiger partial charge >= 0.3 is 5.91 Å². The molecule has 1 aliphatic heterocycles. The van der Waals surface area contributed by atoms with E-state index in [1.807, 2.05) is 67.8 Å². The van der Waals surface area contributed by atoms with Crippen LogP contribution in [0.25, 0.3) is 11.3 Å². The second-order valence-corrected chi connectivity index (χ2v) is 7.34. The number of hydrazine groups is 1. The number of carbonyl (C=O) groups is 1. The zero-order valence-corrected chi connectivity index (χ0v) is 16.4. The van der Waals surface area contributed by atoms with Crippen LogP contribution < -0.4 is 15.9 Å². The highest BCUT2D eigenvalue weighted by molar-refractivity contribution is 7.14. The molecule has 0 atom stereocenters. The largest absolute Gasteiger partial charge is 0.301 e. The number of hydrazone groups is 1. The highest BCUT2D eigenvalue weighted by Gasteiger charge is 2.34. The van der Waals surface area contributed by atoms with E-state index in [4.69, 9.17) is 0 Å². The van der Waals surface area contributed by atoms with Crippen molar-refractivity contribution in [3.05, 3.63) is 77.3 Å². The fourth-order valence-corrected chi connectivity index (χ4v) is 3.55. The van der Waals surface area contributed by atoms with Gasteiger partial charge in [0.25, 0.3) is 0 Å². The zero-order valence-electron chi connectivity index (χ0n) is 15.6. The Morgan fingerprint density at radius 1 is 1.14 bits per heavy atom. The van der Waals surface area contributed by atoms with Crippen molar-refractivity contribution < 1.29 is 4.79 Å². The summed E-state index contributed by atoms with van der Waals surface area (Å²) in [7, 11) is 0. The molecule has 7 heteroatoms. The third-order valence-corrected chi connectivity index (χ3v) is 5.23. The van der Waals surface area contributed by atoms with Crippen LogP contribution in [-0.2, 0) is 4.79 Å². The van der Waals surface area contributed by atoms with Crippen molar-refractivity contribution in [1.29, 1.82) is 0 Å².